The van der Waals surface area contributed by atoms with Crippen molar-refractivity contribution in [3.05, 3.63) is 29.3 Å². The van der Waals surface area contributed by atoms with Gasteiger partial charge in [-0.25, -0.2) is 0 Å². The number of amides is 2. The minimum Gasteiger partial charge on any atom is -0.484 e. The number of fused-ring (bicyclic) bond motifs is 1. The summed E-state index contributed by atoms with van der Waals surface area (Å²) in [6, 6.07) is 5.80. The van der Waals surface area contributed by atoms with E-state index < -0.39 is 5.60 Å². The number of carbonyl (C=O) groups is 2. The molecule has 4 rings (SSSR count). The van der Waals surface area contributed by atoms with Gasteiger partial charge in [-0.2, -0.15) is 0 Å². The Balaban J connectivity index is 1.61. The van der Waals surface area contributed by atoms with Crippen molar-refractivity contribution in [2.24, 2.45) is 5.92 Å². The molecule has 3 heterocycles. The average molecular weight is 400 g/mol. The third kappa shape index (κ3) is 4.27. The van der Waals surface area contributed by atoms with Crippen molar-refractivity contribution in [1.82, 2.24) is 14.7 Å². The highest BCUT2D eigenvalue weighted by atomic mass is 16.5. The highest BCUT2D eigenvalue weighted by Gasteiger charge is 2.43. The zero-order chi connectivity index (χ0) is 20.6. The van der Waals surface area contributed by atoms with E-state index in [-0.39, 0.29) is 18.4 Å². The fourth-order valence-electron chi connectivity index (χ4n) is 4.85. The van der Waals surface area contributed by atoms with E-state index in [9.17, 15) is 9.59 Å². The van der Waals surface area contributed by atoms with Crippen LogP contribution in [0.1, 0.15) is 48.5 Å². The molecule has 1 aromatic rings. The highest BCUT2D eigenvalue weighted by Crippen LogP contribution is 2.36. The van der Waals surface area contributed by atoms with Crippen LogP contribution in [-0.4, -0.2) is 78.4 Å². The van der Waals surface area contributed by atoms with Gasteiger partial charge in [0.15, 0.2) is 0 Å². The fourth-order valence-corrected chi connectivity index (χ4v) is 4.85. The summed E-state index contributed by atoms with van der Waals surface area (Å²) in [6.45, 7) is 8.24. The summed E-state index contributed by atoms with van der Waals surface area (Å²) in [7, 11) is 2.12. The van der Waals surface area contributed by atoms with E-state index in [0.717, 1.165) is 51.0 Å². The predicted octanol–water partition coefficient (Wildman–Crippen LogP) is 2.55. The molecule has 3 aliphatic heterocycles. The first-order valence-corrected chi connectivity index (χ1v) is 10.9. The van der Waals surface area contributed by atoms with Gasteiger partial charge in [0.05, 0.1) is 12.1 Å². The van der Waals surface area contributed by atoms with Crippen molar-refractivity contribution in [3.63, 3.8) is 0 Å². The van der Waals surface area contributed by atoms with Crippen LogP contribution < -0.4 is 4.74 Å². The first-order valence-electron chi connectivity index (χ1n) is 10.9. The summed E-state index contributed by atoms with van der Waals surface area (Å²) < 4.78 is 6.52. The van der Waals surface area contributed by atoms with Gasteiger partial charge in [0.1, 0.15) is 17.9 Å². The molecule has 3 aliphatic rings. The molecule has 0 radical (unpaired) electrons. The Morgan fingerprint density at radius 3 is 2.72 bits per heavy atom. The standard InChI is InChI=1S/C23H33N3O3/c1-17-6-7-20-19(13-17)22(28)26(15-21(27)25-10-4-5-18(2)14-25)16-23(29-20)8-11-24(3)12-9-23/h6-7,13,18H,4-5,8-12,14-16H2,1-3H3. The van der Waals surface area contributed by atoms with Crippen LogP contribution in [0, 0.1) is 12.8 Å². The van der Waals surface area contributed by atoms with E-state index in [1.807, 2.05) is 30.0 Å². The third-order valence-corrected chi connectivity index (χ3v) is 6.69. The smallest absolute Gasteiger partial charge is 0.258 e. The molecular weight excluding hydrogens is 366 g/mol. The van der Waals surface area contributed by atoms with E-state index in [0.29, 0.717) is 23.8 Å². The summed E-state index contributed by atoms with van der Waals surface area (Å²) in [5.41, 5.74) is 1.19. The van der Waals surface area contributed by atoms with Gasteiger partial charge in [0.2, 0.25) is 5.91 Å². The van der Waals surface area contributed by atoms with Crippen molar-refractivity contribution in [2.45, 2.75) is 45.1 Å². The summed E-state index contributed by atoms with van der Waals surface area (Å²) in [4.78, 5) is 32.5. The number of carbonyl (C=O) groups excluding carboxylic acids is 2. The lowest BCUT2D eigenvalue weighted by Crippen LogP contribution is -2.55. The molecule has 0 N–H and O–H groups in total. The lowest BCUT2D eigenvalue weighted by molar-refractivity contribution is -0.134. The highest BCUT2D eigenvalue weighted by molar-refractivity contribution is 5.99. The van der Waals surface area contributed by atoms with Crippen molar-refractivity contribution >= 4 is 11.8 Å². The van der Waals surface area contributed by atoms with Crippen molar-refractivity contribution in [1.29, 1.82) is 0 Å². The van der Waals surface area contributed by atoms with E-state index in [1.165, 1.54) is 6.42 Å². The van der Waals surface area contributed by atoms with Crippen molar-refractivity contribution in [3.8, 4) is 5.75 Å². The Morgan fingerprint density at radius 1 is 1.24 bits per heavy atom. The van der Waals surface area contributed by atoms with Gasteiger partial charge in [0.25, 0.3) is 5.91 Å². The van der Waals surface area contributed by atoms with E-state index >= 15 is 0 Å². The Kier molecular flexibility index (Phi) is 5.56. The molecule has 1 aromatic carbocycles. The molecule has 158 valence electrons. The zero-order valence-corrected chi connectivity index (χ0v) is 17.9. The number of nitrogens with zero attached hydrogens (tertiary/aromatic N) is 3. The number of piperidine rings is 2. The average Bonchev–Trinajstić information content (AvgIpc) is 2.80. The number of hydrogen-bond donors (Lipinski definition) is 0. The molecule has 1 unspecified atom stereocenters. The van der Waals surface area contributed by atoms with Crippen LogP contribution in [0.2, 0.25) is 0 Å². The normalized spacial score (nSPS) is 24.8. The van der Waals surface area contributed by atoms with Crippen LogP contribution in [-0.2, 0) is 4.79 Å². The number of ether oxygens (including phenoxy) is 1. The van der Waals surface area contributed by atoms with E-state index in [1.54, 1.807) is 4.90 Å². The lowest BCUT2D eigenvalue weighted by atomic mass is 9.90. The Bertz CT molecular complexity index is 786. The van der Waals surface area contributed by atoms with Gasteiger partial charge in [0, 0.05) is 39.0 Å². The van der Waals surface area contributed by atoms with Gasteiger partial charge < -0.3 is 19.4 Å². The molecule has 29 heavy (non-hydrogen) atoms. The van der Waals surface area contributed by atoms with Crippen LogP contribution in [0.4, 0.5) is 0 Å². The molecular formula is C23H33N3O3. The number of aryl methyl sites for hydroxylation is 1. The molecule has 6 nitrogen and oxygen atoms in total. The number of benzene rings is 1. The van der Waals surface area contributed by atoms with Crippen LogP contribution >= 0.6 is 0 Å². The zero-order valence-electron chi connectivity index (χ0n) is 17.9. The molecule has 0 aliphatic carbocycles. The summed E-state index contributed by atoms with van der Waals surface area (Å²) >= 11 is 0. The number of rotatable bonds is 2. The predicted molar refractivity (Wildman–Crippen MR) is 112 cm³/mol. The molecule has 2 amide bonds. The van der Waals surface area contributed by atoms with Crippen LogP contribution in [0.15, 0.2) is 18.2 Å². The van der Waals surface area contributed by atoms with Crippen LogP contribution in [0.5, 0.6) is 5.75 Å². The quantitative estimate of drug-likeness (QED) is 0.767. The Labute approximate surface area is 173 Å². The minimum atomic E-state index is -0.419. The number of likely N-dealkylation sites (tertiary alicyclic amines) is 2. The van der Waals surface area contributed by atoms with Gasteiger partial charge in [-0.15, -0.1) is 0 Å². The van der Waals surface area contributed by atoms with E-state index in [4.69, 9.17) is 4.74 Å². The van der Waals surface area contributed by atoms with Crippen molar-refractivity contribution in [2.75, 3.05) is 46.3 Å². The van der Waals surface area contributed by atoms with Gasteiger partial charge in [-0.3, -0.25) is 9.59 Å². The fraction of sp³-hybridized carbons (Fsp3) is 0.652. The topological polar surface area (TPSA) is 53.1 Å². The molecule has 0 aromatic heterocycles. The van der Waals surface area contributed by atoms with Gasteiger partial charge in [-0.1, -0.05) is 18.6 Å². The molecule has 0 saturated carbocycles. The SMILES string of the molecule is Cc1ccc2c(c1)C(=O)N(CC(=O)N1CCCC(C)C1)CC1(CCN(C)CC1)O2. The maximum absolute atomic E-state index is 13.4. The van der Waals surface area contributed by atoms with Gasteiger partial charge >= 0.3 is 0 Å². The maximum Gasteiger partial charge on any atom is 0.258 e. The van der Waals surface area contributed by atoms with Crippen LogP contribution in [0.25, 0.3) is 0 Å². The summed E-state index contributed by atoms with van der Waals surface area (Å²) in [5, 5.41) is 0. The molecule has 2 fully saturated rings. The molecule has 1 spiro atoms. The lowest BCUT2D eigenvalue weighted by Gasteiger charge is -2.42. The molecule has 6 heteroatoms. The third-order valence-electron chi connectivity index (χ3n) is 6.69. The monoisotopic (exact) mass is 399 g/mol. The Morgan fingerprint density at radius 2 is 2.00 bits per heavy atom. The van der Waals surface area contributed by atoms with Crippen LogP contribution in [0.3, 0.4) is 0 Å². The summed E-state index contributed by atoms with van der Waals surface area (Å²) in [5.74, 6) is 1.16. The summed E-state index contributed by atoms with van der Waals surface area (Å²) in [6.07, 6.45) is 3.93. The maximum atomic E-state index is 13.4. The van der Waals surface area contributed by atoms with Crippen molar-refractivity contribution < 1.29 is 14.3 Å². The second kappa shape index (κ2) is 7.98. The molecule has 1 atom stereocenters. The second-order valence-electron chi connectivity index (χ2n) is 9.34. The molecule has 2 saturated heterocycles. The van der Waals surface area contributed by atoms with Gasteiger partial charge in [-0.05, 0) is 44.9 Å². The Hall–Kier alpha value is -2.08. The number of hydrogen-bond acceptors (Lipinski definition) is 4. The second-order valence-corrected chi connectivity index (χ2v) is 9.34. The largest absolute Gasteiger partial charge is 0.484 e. The minimum absolute atomic E-state index is 0.0593. The first-order chi connectivity index (χ1) is 13.8. The van der Waals surface area contributed by atoms with E-state index in [2.05, 4.69) is 18.9 Å². The molecule has 0 bridgehead atoms. The first kappa shape index (κ1) is 20.2.